The van der Waals surface area contributed by atoms with Crippen LogP contribution in [0.4, 0.5) is 10.5 Å². The van der Waals surface area contributed by atoms with Crippen LogP contribution in [0.15, 0.2) is 29.2 Å². The predicted octanol–water partition coefficient (Wildman–Crippen LogP) is 1.86. The number of anilines is 1. The summed E-state index contributed by atoms with van der Waals surface area (Å²) < 4.78 is 0. The van der Waals surface area contributed by atoms with Gasteiger partial charge in [-0.05, 0) is 26.0 Å². The van der Waals surface area contributed by atoms with E-state index in [2.05, 4.69) is 16.3 Å². The summed E-state index contributed by atoms with van der Waals surface area (Å²) >= 11 is 1.81. The Balaban J connectivity index is 1.62. The third-order valence-corrected chi connectivity index (χ3v) is 5.87. The van der Waals surface area contributed by atoms with Crippen LogP contribution in [0.3, 0.4) is 0 Å². The minimum Gasteiger partial charge on any atom is -0.338 e. The van der Waals surface area contributed by atoms with Crippen LogP contribution < -0.4 is 10.2 Å². The Morgan fingerprint density at radius 2 is 1.88 bits per heavy atom. The summed E-state index contributed by atoms with van der Waals surface area (Å²) in [5.74, 6) is 1.08. The molecule has 0 spiro atoms. The average Bonchev–Trinajstić information content (AvgIpc) is 2.66. The van der Waals surface area contributed by atoms with Crippen LogP contribution in [0, 0.1) is 0 Å². The van der Waals surface area contributed by atoms with Gasteiger partial charge in [-0.3, -0.25) is 9.69 Å². The van der Waals surface area contributed by atoms with E-state index in [4.69, 9.17) is 0 Å². The molecular weight excluding hydrogens is 336 g/mol. The Hall–Kier alpha value is -1.73. The van der Waals surface area contributed by atoms with Crippen molar-refractivity contribution in [1.82, 2.24) is 15.1 Å². The first-order valence-electron chi connectivity index (χ1n) is 8.92. The maximum atomic E-state index is 13.1. The summed E-state index contributed by atoms with van der Waals surface area (Å²) in [6, 6.07) is 7.93. The number of benzene rings is 1. The van der Waals surface area contributed by atoms with E-state index in [9.17, 15) is 9.59 Å². The number of carbonyl (C=O) groups is 2. The molecule has 7 heteroatoms. The molecule has 1 aromatic carbocycles. The van der Waals surface area contributed by atoms with Gasteiger partial charge in [-0.25, -0.2) is 4.79 Å². The number of piperazine rings is 1. The van der Waals surface area contributed by atoms with E-state index in [1.807, 2.05) is 41.8 Å². The molecule has 1 N–H and O–H groups in total. The van der Waals surface area contributed by atoms with E-state index in [0.29, 0.717) is 19.6 Å². The van der Waals surface area contributed by atoms with Crippen LogP contribution >= 0.6 is 11.8 Å². The molecule has 3 amide bonds. The second-order valence-electron chi connectivity index (χ2n) is 6.34. The molecule has 0 saturated carbocycles. The van der Waals surface area contributed by atoms with E-state index in [0.717, 1.165) is 31.1 Å². The molecule has 136 valence electrons. The van der Waals surface area contributed by atoms with Gasteiger partial charge in [-0.2, -0.15) is 0 Å². The van der Waals surface area contributed by atoms with Crippen LogP contribution in [0.2, 0.25) is 0 Å². The van der Waals surface area contributed by atoms with Crippen LogP contribution in [0.25, 0.3) is 0 Å². The van der Waals surface area contributed by atoms with Gasteiger partial charge in [0.2, 0.25) is 5.91 Å². The van der Waals surface area contributed by atoms with Crippen molar-refractivity contribution in [1.29, 1.82) is 0 Å². The molecule has 25 heavy (non-hydrogen) atoms. The quantitative estimate of drug-likeness (QED) is 0.892. The molecule has 1 fully saturated rings. The zero-order valence-corrected chi connectivity index (χ0v) is 15.7. The summed E-state index contributed by atoms with van der Waals surface area (Å²) in [5, 5.41) is 2.84. The highest BCUT2D eigenvalue weighted by Gasteiger charge is 2.32. The van der Waals surface area contributed by atoms with Gasteiger partial charge in [0.25, 0.3) is 0 Å². The van der Waals surface area contributed by atoms with Crippen molar-refractivity contribution in [3.8, 4) is 0 Å². The van der Waals surface area contributed by atoms with Gasteiger partial charge < -0.3 is 15.1 Å². The fourth-order valence-corrected chi connectivity index (χ4v) is 4.35. The lowest BCUT2D eigenvalue weighted by molar-refractivity contribution is -0.123. The number of fused-ring (bicyclic) bond motifs is 1. The normalized spacial score (nSPS) is 19.3. The number of amides is 3. The first-order chi connectivity index (χ1) is 12.1. The van der Waals surface area contributed by atoms with E-state index >= 15 is 0 Å². The highest BCUT2D eigenvalue weighted by molar-refractivity contribution is 7.99. The molecule has 2 aliphatic heterocycles. The van der Waals surface area contributed by atoms with Gasteiger partial charge in [0, 0.05) is 49.9 Å². The largest absolute Gasteiger partial charge is 0.338 e. The first kappa shape index (κ1) is 18.1. The Bertz CT molecular complexity index is 631. The average molecular weight is 362 g/mol. The summed E-state index contributed by atoms with van der Waals surface area (Å²) in [6.45, 7) is 8.08. The zero-order chi connectivity index (χ0) is 17.8. The van der Waals surface area contributed by atoms with Gasteiger partial charge in [0.05, 0.1) is 11.7 Å². The number of rotatable bonds is 3. The molecule has 1 atom stereocenters. The molecule has 3 rings (SSSR count). The van der Waals surface area contributed by atoms with Crippen molar-refractivity contribution in [3.63, 3.8) is 0 Å². The van der Waals surface area contributed by atoms with Crippen molar-refractivity contribution in [2.45, 2.75) is 24.8 Å². The molecule has 2 heterocycles. The highest BCUT2D eigenvalue weighted by Crippen LogP contribution is 2.34. The Morgan fingerprint density at radius 3 is 2.60 bits per heavy atom. The zero-order valence-electron chi connectivity index (χ0n) is 14.9. The fraction of sp³-hybridized carbons (Fsp3) is 0.556. The Kier molecular flexibility index (Phi) is 5.86. The van der Waals surface area contributed by atoms with Crippen LogP contribution in [0.5, 0.6) is 0 Å². The van der Waals surface area contributed by atoms with Crippen molar-refractivity contribution in [2.24, 2.45) is 0 Å². The number of nitrogens with zero attached hydrogens (tertiary/aromatic N) is 3. The van der Waals surface area contributed by atoms with Crippen molar-refractivity contribution in [3.05, 3.63) is 24.3 Å². The Labute approximate surface area is 153 Å². The van der Waals surface area contributed by atoms with Gasteiger partial charge in [0.1, 0.15) is 0 Å². The molecule has 1 aromatic rings. The van der Waals surface area contributed by atoms with Crippen LogP contribution in [0.1, 0.15) is 13.8 Å². The monoisotopic (exact) mass is 362 g/mol. The fourth-order valence-electron chi connectivity index (χ4n) is 3.36. The number of nitrogens with one attached hydrogen (secondary N) is 1. The van der Waals surface area contributed by atoms with Crippen LogP contribution in [-0.2, 0) is 4.79 Å². The molecule has 0 aromatic heterocycles. The number of carbonyl (C=O) groups excluding carboxylic acids is 2. The molecule has 0 bridgehead atoms. The van der Waals surface area contributed by atoms with E-state index in [1.54, 1.807) is 11.8 Å². The summed E-state index contributed by atoms with van der Waals surface area (Å²) in [4.78, 5) is 32.1. The van der Waals surface area contributed by atoms with E-state index < -0.39 is 0 Å². The molecule has 1 saturated heterocycles. The third-order valence-electron chi connectivity index (χ3n) is 4.83. The molecule has 6 nitrogen and oxygen atoms in total. The maximum absolute atomic E-state index is 13.1. The van der Waals surface area contributed by atoms with Gasteiger partial charge in [-0.1, -0.05) is 12.1 Å². The highest BCUT2D eigenvalue weighted by atomic mass is 32.2. The van der Waals surface area contributed by atoms with Gasteiger partial charge in [0.15, 0.2) is 0 Å². The van der Waals surface area contributed by atoms with Gasteiger partial charge >= 0.3 is 6.03 Å². The smallest absolute Gasteiger partial charge is 0.317 e. The minimum atomic E-state index is -0.174. The van der Waals surface area contributed by atoms with Crippen molar-refractivity contribution < 1.29 is 9.59 Å². The molecule has 0 aliphatic carbocycles. The van der Waals surface area contributed by atoms with E-state index in [-0.39, 0.29) is 18.0 Å². The second kappa shape index (κ2) is 8.10. The third kappa shape index (κ3) is 3.93. The topological polar surface area (TPSA) is 55.9 Å². The number of hydrogen-bond acceptors (Lipinski definition) is 4. The lowest BCUT2D eigenvalue weighted by atomic mass is 10.1. The molecule has 0 radical (unpaired) electrons. The molecule has 1 unspecified atom stereocenters. The first-order valence-corrected chi connectivity index (χ1v) is 9.90. The predicted molar refractivity (Wildman–Crippen MR) is 101 cm³/mol. The number of hydrogen-bond donors (Lipinski definition) is 1. The second-order valence-corrected chi connectivity index (χ2v) is 7.48. The minimum absolute atomic E-state index is 0.0110. The van der Waals surface area contributed by atoms with Gasteiger partial charge in [-0.15, -0.1) is 11.8 Å². The summed E-state index contributed by atoms with van der Waals surface area (Å²) in [6.07, 6.45) is 0. The molecular formula is C18H26N4O2S. The maximum Gasteiger partial charge on any atom is 0.317 e. The molecule has 2 aliphatic rings. The van der Waals surface area contributed by atoms with Crippen molar-refractivity contribution in [2.75, 3.05) is 49.9 Å². The lowest BCUT2D eigenvalue weighted by Crippen LogP contribution is -2.57. The number of thioether (sulfide) groups is 1. The van der Waals surface area contributed by atoms with Crippen LogP contribution in [-0.4, -0.2) is 72.8 Å². The lowest BCUT2D eigenvalue weighted by Gasteiger charge is -2.39. The van der Waals surface area contributed by atoms with Crippen molar-refractivity contribution >= 4 is 29.4 Å². The SMILES string of the molecule is CCNC(=O)N1CCN(C(C)C(=O)N2CCSc3ccccc32)CC1. The number of urea groups is 1. The van der Waals surface area contributed by atoms with E-state index in [1.165, 1.54) is 4.90 Å². The standard InChI is InChI=1S/C18H26N4O2S/c1-3-19-18(24)21-10-8-20(9-11-21)14(2)17(23)22-12-13-25-16-7-5-4-6-15(16)22/h4-7,14H,3,8-13H2,1-2H3,(H,19,24). The number of para-hydroxylation sites is 1. The summed E-state index contributed by atoms with van der Waals surface area (Å²) in [5.41, 5.74) is 1.02. The Morgan fingerprint density at radius 1 is 1.16 bits per heavy atom. The summed E-state index contributed by atoms with van der Waals surface area (Å²) in [7, 11) is 0.